The molecule has 4 rings (SSSR count). The molecule has 25 heavy (non-hydrogen) atoms. The molecule has 0 aliphatic carbocycles. The van der Waals surface area contributed by atoms with Gasteiger partial charge in [-0.2, -0.15) is 0 Å². The molecule has 1 aliphatic heterocycles. The predicted octanol–water partition coefficient (Wildman–Crippen LogP) is 0.763. The SMILES string of the molecule is OC[C@H]1O[C@@H](n2cnc3c(Cc4ccc(O)cc4)ncnc32)C[C@@H]1O. The van der Waals surface area contributed by atoms with Crippen LogP contribution >= 0.6 is 0 Å². The van der Waals surface area contributed by atoms with Crippen LogP contribution < -0.4 is 0 Å². The Morgan fingerprint density at radius 1 is 1.16 bits per heavy atom. The number of phenols is 1. The lowest BCUT2D eigenvalue weighted by Gasteiger charge is -2.13. The molecule has 0 saturated carbocycles. The van der Waals surface area contributed by atoms with E-state index in [0.29, 0.717) is 24.0 Å². The van der Waals surface area contributed by atoms with Gasteiger partial charge in [0.1, 0.15) is 29.9 Å². The molecule has 0 spiro atoms. The van der Waals surface area contributed by atoms with Crippen LogP contribution in [0.5, 0.6) is 5.75 Å². The molecule has 0 unspecified atom stereocenters. The molecule has 8 heteroatoms. The third-order valence-electron chi connectivity index (χ3n) is 4.44. The molecule has 1 saturated heterocycles. The van der Waals surface area contributed by atoms with Gasteiger partial charge < -0.3 is 20.1 Å². The van der Waals surface area contributed by atoms with Crippen LogP contribution in [0.25, 0.3) is 11.2 Å². The lowest BCUT2D eigenvalue weighted by molar-refractivity contribution is -0.0432. The summed E-state index contributed by atoms with van der Waals surface area (Å²) in [7, 11) is 0. The van der Waals surface area contributed by atoms with Gasteiger partial charge in [-0.1, -0.05) is 12.1 Å². The molecule has 0 radical (unpaired) electrons. The van der Waals surface area contributed by atoms with Crippen molar-refractivity contribution in [2.24, 2.45) is 0 Å². The van der Waals surface area contributed by atoms with Gasteiger partial charge in [0.2, 0.25) is 0 Å². The number of aliphatic hydroxyl groups is 2. The first-order chi connectivity index (χ1) is 12.2. The van der Waals surface area contributed by atoms with Crippen molar-refractivity contribution in [3.05, 3.63) is 48.2 Å². The summed E-state index contributed by atoms with van der Waals surface area (Å²) in [5.74, 6) is 0.219. The number of fused-ring (bicyclic) bond motifs is 1. The van der Waals surface area contributed by atoms with Crippen LogP contribution in [0.3, 0.4) is 0 Å². The summed E-state index contributed by atoms with van der Waals surface area (Å²) in [6.07, 6.45) is 2.29. The highest BCUT2D eigenvalue weighted by Gasteiger charge is 2.35. The average molecular weight is 342 g/mol. The van der Waals surface area contributed by atoms with E-state index in [2.05, 4.69) is 15.0 Å². The minimum absolute atomic E-state index is 0.219. The number of phenolic OH excluding ortho intramolecular Hbond substituents is 1. The van der Waals surface area contributed by atoms with Gasteiger partial charge in [-0.25, -0.2) is 15.0 Å². The van der Waals surface area contributed by atoms with Gasteiger partial charge in [-0.15, -0.1) is 0 Å². The minimum Gasteiger partial charge on any atom is -0.508 e. The van der Waals surface area contributed by atoms with Crippen molar-refractivity contribution in [2.45, 2.75) is 31.3 Å². The maximum absolute atomic E-state index is 9.93. The fourth-order valence-electron chi connectivity index (χ4n) is 3.10. The molecule has 3 aromatic rings. The third-order valence-corrected chi connectivity index (χ3v) is 4.44. The molecule has 3 heterocycles. The van der Waals surface area contributed by atoms with Crippen LogP contribution in [-0.4, -0.2) is 53.7 Å². The van der Waals surface area contributed by atoms with E-state index in [0.717, 1.165) is 11.3 Å². The Hall–Kier alpha value is -2.55. The van der Waals surface area contributed by atoms with Gasteiger partial charge in [0.15, 0.2) is 5.65 Å². The first kappa shape index (κ1) is 15.9. The number of aliphatic hydroxyl groups excluding tert-OH is 2. The van der Waals surface area contributed by atoms with Gasteiger partial charge >= 0.3 is 0 Å². The molecule has 1 fully saturated rings. The van der Waals surface area contributed by atoms with Crippen molar-refractivity contribution < 1.29 is 20.1 Å². The summed E-state index contributed by atoms with van der Waals surface area (Å²) >= 11 is 0. The molecule has 3 N–H and O–H groups in total. The fourth-order valence-corrected chi connectivity index (χ4v) is 3.10. The number of benzene rings is 1. The molecular formula is C17H18N4O4. The normalized spacial score (nSPS) is 23.4. The zero-order valence-electron chi connectivity index (χ0n) is 13.4. The first-order valence-corrected chi connectivity index (χ1v) is 8.04. The monoisotopic (exact) mass is 342 g/mol. The van der Waals surface area contributed by atoms with Crippen molar-refractivity contribution >= 4 is 11.2 Å². The van der Waals surface area contributed by atoms with Crippen molar-refractivity contribution in [1.82, 2.24) is 19.5 Å². The van der Waals surface area contributed by atoms with Crippen molar-refractivity contribution in [1.29, 1.82) is 0 Å². The van der Waals surface area contributed by atoms with E-state index < -0.39 is 18.4 Å². The summed E-state index contributed by atoms with van der Waals surface area (Å²) in [5.41, 5.74) is 3.06. The van der Waals surface area contributed by atoms with Crippen LogP contribution in [0, 0.1) is 0 Å². The van der Waals surface area contributed by atoms with Gasteiger partial charge in [-0.3, -0.25) is 4.57 Å². The van der Waals surface area contributed by atoms with E-state index in [-0.39, 0.29) is 12.4 Å². The van der Waals surface area contributed by atoms with Gasteiger partial charge in [-0.05, 0) is 17.7 Å². The number of imidazole rings is 1. The quantitative estimate of drug-likeness (QED) is 0.641. The first-order valence-electron chi connectivity index (χ1n) is 8.04. The number of ether oxygens (including phenoxy) is 1. The molecule has 0 bridgehead atoms. The molecule has 8 nitrogen and oxygen atoms in total. The summed E-state index contributed by atoms with van der Waals surface area (Å²) < 4.78 is 7.44. The van der Waals surface area contributed by atoms with Crippen LogP contribution in [0.4, 0.5) is 0 Å². The van der Waals surface area contributed by atoms with Crippen LogP contribution in [-0.2, 0) is 11.2 Å². The lowest BCUT2D eigenvalue weighted by Crippen LogP contribution is -2.24. The maximum atomic E-state index is 9.93. The predicted molar refractivity (Wildman–Crippen MR) is 87.9 cm³/mol. The Labute approximate surface area is 143 Å². The number of hydrogen-bond acceptors (Lipinski definition) is 7. The number of nitrogens with zero attached hydrogens (tertiary/aromatic N) is 4. The van der Waals surface area contributed by atoms with Crippen molar-refractivity contribution in [3.8, 4) is 5.75 Å². The van der Waals surface area contributed by atoms with E-state index in [1.54, 1.807) is 23.0 Å². The highest BCUT2D eigenvalue weighted by atomic mass is 16.5. The number of rotatable bonds is 4. The lowest BCUT2D eigenvalue weighted by atomic mass is 10.1. The highest BCUT2D eigenvalue weighted by molar-refractivity contribution is 5.73. The Morgan fingerprint density at radius 3 is 2.68 bits per heavy atom. The van der Waals surface area contributed by atoms with E-state index in [9.17, 15) is 15.3 Å². The van der Waals surface area contributed by atoms with E-state index >= 15 is 0 Å². The Bertz CT molecular complexity index is 880. The van der Waals surface area contributed by atoms with Crippen LogP contribution in [0.2, 0.25) is 0 Å². The molecule has 130 valence electrons. The topological polar surface area (TPSA) is 114 Å². The van der Waals surface area contributed by atoms with Crippen molar-refractivity contribution in [2.75, 3.05) is 6.61 Å². The van der Waals surface area contributed by atoms with Gasteiger partial charge in [0.25, 0.3) is 0 Å². The third kappa shape index (κ3) is 2.95. The second-order valence-electron chi connectivity index (χ2n) is 6.10. The molecule has 1 aliphatic rings. The smallest absolute Gasteiger partial charge is 0.165 e. The minimum atomic E-state index is -0.717. The number of aromatic hydroxyl groups is 1. The second-order valence-corrected chi connectivity index (χ2v) is 6.10. The van der Waals surface area contributed by atoms with Crippen LogP contribution in [0.1, 0.15) is 23.9 Å². The van der Waals surface area contributed by atoms with E-state index in [1.165, 1.54) is 6.33 Å². The number of hydrogen-bond donors (Lipinski definition) is 3. The summed E-state index contributed by atoms with van der Waals surface area (Å²) in [5, 5.41) is 28.6. The largest absolute Gasteiger partial charge is 0.508 e. The number of aromatic nitrogens is 4. The Kier molecular flexibility index (Phi) is 4.08. The Balaban J connectivity index is 1.65. The van der Waals surface area contributed by atoms with E-state index in [4.69, 9.17) is 4.74 Å². The second kappa shape index (κ2) is 6.40. The summed E-state index contributed by atoms with van der Waals surface area (Å²) in [6.45, 7) is -0.231. The molecular weight excluding hydrogens is 324 g/mol. The zero-order valence-corrected chi connectivity index (χ0v) is 13.4. The molecule has 2 aromatic heterocycles. The van der Waals surface area contributed by atoms with Crippen molar-refractivity contribution in [3.63, 3.8) is 0 Å². The van der Waals surface area contributed by atoms with E-state index in [1.807, 2.05) is 12.1 Å². The summed E-state index contributed by atoms with van der Waals surface area (Å²) in [6, 6.07) is 6.94. The molecule has 3 atom stereocenters. The zero-order chi connectivity index (χ0) is 17.4. The molecule has 1 aromatic carbocycles. The average Bonchev–Trinajstić information content (AvgIpc) is 3.20. The summed E-state index contributed by atoms with van der Waals surface area (Å²) in [4.78, 5) is 13.1. The van der Waals surface area contributed by atoms with Gasteiger partial charge in [0.05, 0.1) is 24.7 Å². The Morgan fingerprint density at radius 2 is 1.96 bits per heavy atom. The van der Waals surface area contributed by atoms with Crippen LogP contribution in [0.15, 0.2) is 36.9 Å². The standard InChI is InChI=1S/C17H18N4O4/c22-7-14-13(24)6-15(25-14)21-9-20-16-12(18-8-19-17(16)21)5-10-1-3-11(23)4-2-10/h1-4,8-9,13-15,22-24H,5-7H2/t13-,14+,15+/m0/s1. The highest BCUT2D eigenvalue weighted by Crippen LogP contribution is 2.31. The van der Waals surface area contributed by atoms with Gasteiger partial charge in [0, 0.05) is 12.8 Å². The molecule has 0 amide bonds. The fraction of sp³-hybridized carbons (Fsp3) is 0.353. The maximum Gasteiger partial charge on any atom is 0.165 e.